The van der Waals surface area contributed by atoms with E-state index < -0.39 is 5.91 Å². The van der Waals surface area contributed by atoms with Crippen molar-refractivity contribution in [2.75, 3.05) is 11.9 Å². The third-order valence-corrected chi connectivity index (χ3v) is 3.63. The number of amides is 2. The summed E-state index contributed by atoms with van der Waals surface area (Å²) in [5.74, 6) is 0.553. The zero-order valence-electron chi connectivity index (χ0n) is 13.2. The smallest absolute Gasteiger partial charge is 0.287 e. The van der Waals surface area contributed by atoms with Crippen molar-refractivity contribution >= 4 is 33.4 Å². The Hall–Kier alpha value is -2.94. The number of furan rings is 1. The number of nitrogens with one attached hydrogen (secondary N) is 3. The minimum atomic E-state index is -0.467. The van der Waals surface area contributed by atoms with Crippen LogP contribution in [0.15, 0.2) is 45.5 Å². The van der Waals surface area contributed by atoms with Crippen LogP contribution in [0.5, 0.6) is 0 Å². The summed E-state index contributed by atoms with van der Waals surface area (Å²) in [7, 11) is 0. The van der Waals surface area contributed by atoms with Crippen molar-refractivity contribution in [2.24, 2.45) is 0 Å². The predicted octanol–water partition coefficient (Wildman–Crippen LogP) is 2.50. The number of rotatable bonds is 5. The molecule has 3 aromatic rings. The van der Waals surface area contributed by atoms with Crippen LogP contribution in [0, 0.1) is 6.92 Å². The van der Waals surface area contributed by atoms with E-state index >= 15 is 0 Å². The molecule has 9 heteroatoms. The number of aromatic nitrogens is 3. The van der Waals surface area contributed by atoms with Crippen molar-refractivity contribution in [2.45, 2.75) is 6.92 Å². The Kier molecular flexibility index (Phi) is 4.94. The first-order chi connectivity index (χ1) is 12.0. The van der Waals surface area contributed by atoms with Crippen molar-refractivity contribution < 1.29 is 14.0 Å². The van der Waals surface area contributed by atoms with Gasteiger partial charge in [-0.05, 0) is 47.1 Å². The molecule has 2 heterocycles. The molecule has 0 spiro atoms. The Bertz CT molecular complexity index is 918. The summed E-state index contributed by atoms with van der Waals surface area (Å²) in [5.41, 5.74) is 1.35. The maximum absolute atomic E-state index is 12.0. The molecule has 0 saturated carbocycles. The molecule has 0 aliphatic carbocycles. The standard InChI is InChI=1S/C16H14BrN5O3/c1-9-19-15(22-21-9)10-3-2-4-11(7-10)20-14(23)8-18-16(24)12-5-6-13(17)25-12/h2-7H,8H2,1H3,(H,18,24)(H,20,23)(H,19,21,22). The predicted molar refractivity (Wildman–Crippen MR) is 93.9 cm³/mol. The van der Waals surface area contributed by atoms with Crippen molar-refractivity contribution in [1.29, 1.82) is 0 Å². The zero-order valence-corrected chi connectivity index (χ0v) is 14.8. The largest absolute Gasteiger partial charge is 0.444 e. The molecule has 0 fully saturated rings. The lowest BCUT2D eigenvalue weighted by Gasteiger charge is -2.07. The highest BCUT2D eigenvalue weighted by Crippen LogP contribution is 2.19. The average Bonchev–Trinajstić information content (AvgIpc) is 3.21. The van der Waals surface area contributed by atoms with E-state index in [0.717, 1.165) is 5.56 Å². The quantitative estimate of drug-likeness (QED) is 0.605. The van der Waals surface area contributed by atoms with Gasteiger partial charge < -0.3 is 15.1 Å². The van der Waals surface area contributed by atoms with Crippen LogP contribution >= 0.6 is 15.9 Å². The second-order valence-corrected chi connectivity index (χ2v) is 5.94. The van der Waals surface area contributed by atoms with Gasteiger partial charge in [-0.25, -0.2) is 4.98 Å². The first-order valence-corrected chi connectivity index (χ1v) is 8.13. The molecule has 25 heavy (non-hydrogen) atoms. The van der Waals surface area contributed by atoms with Crippen molar-refractivity contribution in [3.8, 4) is 11.4 Å². The van der Waals surface area contributed by atoms with Crippen LogP contribution < -0.4 is 10.6 Å². The van der Waals surface area contributed by atoms with Gasteiger partial charge in [0.05, 0.1) is 6.54 Å². The molecular weight excluding hydrogens is 390 g/mol. The van der Waals surface area contributed by atoms with Gasteiger partial charge >= 0.3 is 0 Å². The van der Waals surface area contributed by atoms with Gasteiger partial charge in [-0.2, -0.15) is 5.10 Å². The van der Waals surface area contributed by atoms with Crippen LogP contribution in [-0.4, -0.2) is 33.5 Å². The van der Waals surface area contributed by atoms with Crippen molar-refractivity contribution in [3.05, 3.63) is 52.7 Å². The SMILES string of the molecule is Cc1nc(-c2cccc(NC(=O)CNC(=O)c3ccc(Br)o3)c2)n[nH]1. The highest BCUT2D eigenvalue weighted by atomic mass is 79.9. The molecule has 0 bridgehead atoms. The normalized spacial score (nSPS) is 10.5. The second-order valence-electron chi connectivity index (χ2n) is 5.16. The number of hydrogen-bond donors (Lipinski definition) is 3. The van der Waals surface area contributed by atoms with Gasteiger partial charge in [0.15, 0.2) is 16.3 Å². The Balaban J connectivity index is 1.58. The van der Waals surface area contributed by atoms with Gasteiger partial charge in [-0.15, -0.1) is 0 Å². The highest BCUT2D eigenvalue weighted by molar-refractivity contribution is 9.10. The molecule has 0 aliphatic rings. The number of halogens is 1. The van der Waals surface area contributed by atoms with Gasteiger partial charge in [0.2, 0.25) is 5.91 Å². The molecule has 0 aliphatic heterocycles. The van der Waals surface area contributed by atoms with E-state index in [-0.39, 0.29) is 18.2 Å². The molecule has 3 rings (SSSR count). The molecule has 0 unspecified atom stereocenters. The van der Waals surface area contributed by atoms with Crippen molar-refractivity contribution in [1.82, 2.24) is 20.5 Å². The van der Waals surface area contributed by atoms with E-state index in [0.29, 0.717) is 22.0 Å². The fourth-order valence-corrected chi connectivity index (χ4v) is 2.40. The van der Waals surface area contributed by atoms with E-state index in [9.17, 15) is 9.59 Å². The maximum atomic E-state index is 12.0. The van der Waals surface area contributed by atoms with E-state index in [4.69, 9.17) is 4.42 Å². The summed E-state index contributed by atoms with van der Waals surface area (Å²) in [6, 6.07) is 10.2. The zero-order chi connectivity index (χ0) is 17.8. The minimum absolute atomic E-state index is 0.127. The van der Waals surface area contributed by atoms with Gasteiger partial charge in [0.25, 0.3) is 5.91 Å². The number of aryl methyl sites for hydroxylation is 1. The van der Waals surface area contributed by atoms with E-state index in [1.54, 1.807) is 24.3 Å². The van der Waals surface area contributed by atoms with Crippen molar-refractivity contribution in [3.63, 3.8) is 0 Å². The summed E-state index contributed by atoms with van der Waals surface area (Å²) < 4.78 is 5.56. The van der Waals surface area contributed by atoms with E-state index in [1.807, 2.05) is 13.0 Å². The third-order valence-electron chi connectivity index (χ3n) is 3.21. The van der Waals surface area contributed by atoms with E-state index in [2.05, 4.69) is 41.7 Å². The van der Waals surface area contributed by atoms with Crippen LogP contribution in [-0.2, 0) is 4.79 Å². The Morgan fingerprint density at radius 2 is 2.12 bits per heavy atom. The van der Waals surface area contributed by atoms with Gasteiger partial charge in [0.1, 0.15) is 5.82 Å². The lowest BCUT2D eigenvalue weighted by atomic mass is 10.2. The molecule has 1 aromatic carbocycles. The summed E-state index contributed by atoms with van der Waals surface area (Å²) in [6.07, 6.45) is 0. The number of benzene rings is 1. The number of H-pyrrole nitrogens is 1. The minimum Gasteiger partial charge on any atom is -0.444 e. The number of carbonyl (C=O) groups excluding carboxylic acids is 2. The highest BCUT2D eigenvalue weighted by Gasteiger charge is 2.12. The number of aromatic amines is 1. The fourth-order valence-electron chi connectivity index (χ4n) is 2.10. The topological polar surface area (TPSA) is 113 Å². The Labute approximate surface area is 151 Å². The van der Waals surface area contributed by atoms with Gasteiger partial charge in [-0.1, -0.05) is 12.1 Å². The Morgan fingerprint density at radius 1 is 1.28 bits per heavy atom. The summed E-state index contributed by atoms with van der Waals surface area (Å²) in [4.78, 5) is 28.1. The molecular formula is C16H14BrN5O3. The lowest BCUT2D eigenvalue weighted by molar-refractivity contribution is -0.115. The molecule has 0 saturated heterocycles. The molecule has 2 amide bonds. The van der Waals surface area contributed by atoms with Crippen LogP contribution in [0.25, 0.3) is 11.4 Å². The Morgan fingerprint density at radius 3 is 2.80 bits per heavy atom. The molecule has 2 aromatic heterocycles. The number of nitrogens with zero attached hydrogens (tertiary/aromatic N) is 2. The summed E-state index contributed by atoms with van der Waals surface area (Å²) >= 11 is 3.11. The maximum Gasteiger partial charge on any atom is 0.287 e. The van der Waals surface area contributed by atoms with Gasteiger partial charge in [-0.3, -0.25) is 14.7 Å². The average molecular weight is 404 g/mol. The molecule has 3 N–H and O–H groups in total. The number of hydrogen-bond acceptors (Lipinski definition) is 5. The summed E-state index contributed by atoms with van der Waals surface area (Å²) in [6.45, 7) is 1.63. The molecule has 128 valence electrons. The molecule has 8 nitrogen and oxygen atoms in total. The molecule has 0 radical (unpaired) electrons. The van der Waals surface area contributed by atoms with E-state index in [1.165, 1.54) is 6.07 Å². The van der Waals surface area contributed by atoms with Crippen LogP contribution in [0.2, 0.25) is 0 Å². The lowest BCUT2D eigenvalue weighted by Crippen LogP contribution is -2.32. The van der Waals surface area contributed by atoms with Crippen LogP contribution in [0.3, 0.4) is 0 Å². The summed E-state index contributed by atoms with van der Waals surface area (Å²) in [5, 5.41) is 12.0. The van der Waals surface area contributed by atoms with Crippen LogP contribution in [0.4, 0.5) is 5.69 Å². The van der Waals surface area contributed by atoms with Gasteiger partial charge in [0, 0.05) is 11.3 Å². The van der Waals surface area contributed by atoms with Crippen LogP contribution in [0.1, 0.15) is 16.4 Å². The third kappa shape index (κ3) is 4.32. The first kappa shape index (κ1) is 16.9. The molecule has 0 atom stereocenters. The monoisotopic (exact) mass is 403 g/mol. The first-order valence-electron chi connectivity index (χ1n) is 7.34. The number of carbonyl (C=O) groups is 2. The fraction of sp³-hybridized carbons (Fsp3) is 0.125. The number of anilines is 1. The second kappa shape index (κ2) is 7.31.